The van der Waals surface area contributed by atoms with E-state index in [1.807, 2.05) is 24.4 Å². The fourth-order valence-electron chi connectivity index (χ4n) is 3.55. The second-order valence-electron chi connectivity index (χ2n) is 6.72. The average Bonchev–Trinajstić information content (AvgIpc) is 3.13. The Morgan fingerprint density at radius 1 is 0.750 bits per heavy atom. The highest BCUT2D eigenvalue weighted by molar-refractivity contribution is 5.98. The first-order valence-corrected chi connectivity index (χ1v) is 8.94. The molecule has 5 rings (SSSR count). The van der Waals surface area contributed by atoms with Crippen LogP contribution in [0, 0.1) is 11.6 Å². The lowest BCUT2D eigenvalue weighted by atomic mass is 10.0. The second-order valence-corrected chi connectivity index (χ2v) is 6.72. The molecule has 28 heavy (non-hydrogen) atoms. The maximum Gasteiger partial charge on any atom is 0.124 e. The van der Waals surface area contributed by atoms with Gasteiger partial charge in [0, 0.05) is 29.3 Å². The van der Waals surface area contributed by atoms with Crippen molar-refractivity contribution in [2.75, 3.05) is 0 Å². The van der Waals surface area contributed by atoms with E-state index in [0.29, 0.717) is 23.3 Å². The van der Waals surface area contributed by atoms with Crippen molar-refractivity contribution in [3.8, 4) is 22.5 Å². The van der Waals surface area contributed by atoms with Gasteiger partial charge in [-0.05, 0) is 48.0 Å². The van der Waals surface area contributed by atoms with Crippen LogP contribution in [0.3, 0.4) is 0 Å². The summed E-state index contributed by atoms with van der Waals surface area (Å²) in [6, 6.07) is 20.9. The molecule has 0 aromatic heterocycles. The fraction of sp³-hybridized carbons (Fsp3) is 0.0435. The fourth-order valence-corrected chi connectivity index (χ4v) is 3.55. The van der Waals surface area contributed by atoms with Gasteiger partial charge in [-0.1, -0.05) is 30.3 Å². The normalized spacial score (nSPS) is 11.4. The summed E-state index contributed by atoms with van der Waals surface area (Å²) in [5.74, 6) is -0.628. The van der Waals surface area contributed by atoms with Crippen molar-refractivity contribution in [1.29, 1.82) is 0 Å². The Morgan fingerprint density at radius 2 is 1.46 bits per heavy atom. The Bertz CT molecular complexity index is 1240. The molecular formula is C23H15F2N3. The maximum atomic E-state index is 14.0. The minimum absolute atomic E-state index is 0.306. The van der Waals surface area contributed by atoms with Crippen LogP contribution in [0.5, 0.6) is 0 Å². The van der Waals surface area contributed by atoms with E-state index >= 15 is 0 Å². The minimum atomic E-state index is -0.322. The lowest BCUT2D eigenvalue weighted by Crippen LogP contribution is -2.04. The third-order valence-corrected chi connectivity index (χ3v) is 4.88. The lowest BCUT2D eigenvalue weighted by molar-refractivity contribution is 0.628. The molecule has 0 unspecified atom stereocenters. The summed E-state index contributed by atoms with van der Waals surface area (Å²) in [7, 11) is 0. The summed E-state index contributed by atoms with van der Waals surface area (Å²) in [5, 5.41) is 9.33. The molecular weight excluding hydrogens is 356 g/mol. The van der Waals surface area contributed by atoms with Crippen LogP contribution in [0.2, 0.25) is 0 Å². The highest BCUT2D eigenvalue weighted by atomic mass is 19.1. The first-order valence-electron chi connectivity index (χ1n) is 8.94. The van der Waals surface area contributed by atoms with Crippen molar-refractivity contribution in [1.82, 2.24) is 14.8 Å². The molecule has 0 spiro atoms. The SMILES string of the molecule is Fc1ccc(-c2nnc3c4cc(F)ccc4n(Cc4ccccc4)cc2-3)cc1. The predicted octanol–water partition coefficient (Wildman–Crippen LogP) is 5.53. The molecule has 3 nitrogen and oxygen atoms in total. The van der Waals surface area contributed by atoms with Crippen molar-refractivity contribution in [3.63, 3.8) is 0 Å². The number of hydrogen-bond acceptors (Lipinski definition) is 2. The van der Waals surface area contributed by atoms with Gasteiger partial charge in [-0.25, -0.2) is 8.78 Å². The van der Waals surface area contributed by atoms with Crippen molar-refractivity contribution >= 4 is 10.9 Å². The van der Waals surface area contributed by atoms with Crippen LogP contribution >= 0.6 is 0 Å². The molecule has 0 fully saturated rings. The number of aromatic nitrogens is 3. The van der Waals surface area contributed by atoms with Gasteiger partial charge in [-0.3, -0.25) is 0 Å². The Kier molecular flexibility index (Phi) is 3.86. The molecule has 2 aliphatic heterocycles. The van der Waals surface area contributed by atoms with E-state index in [9.17, 15) is 8.78 Å². The van der Waals surface area contributed by atoms with E-state index in [2.05, 4.69) is 26.9 Å². The Labute approximate surface area is 160 Å². The van der Waals surface area contributed by atoms with Crippen molar-refractivity contribution in [3.05, 3.63) is 96.2 Å². The first kappa shape index (κ1) is 16.6. The molecule has 0 aliphatic carbocycles. The molecule has 3 aromatic rings. The Morgan fingerprint density at radius 3 is 2.25 bits per heavy atom. The van der Waals surface area contributed by atoms with Gasteiger partial charge in [0.25, 0.3) is 0 Å². The molecule has 2 aliphatic rings. The molecule has 0 saturated carbocycles. The van der Waals surface area contributed by atoms with Crippen LogP contribution in [-0.2, 0) is 6.54 Å². The number of pyridine rings is 1. The van der Waals surface area contributed by atoms with Crippen LogP contribution in [0.25, 0.3) is 33.4 Å². The molecule has 0 N–H and O–H groups in total. The van der Waals surface area contributed by atoms with Gasteiger partial charge in [-0.15, -0.1) is 10.2 Å². The average molecular weight is 371 g/mol. The van der Waals surface area contributed by atoms with Crippen LogP contribution < -0.4 is 0 Å². The Hall–Kier alpha value is -3.60. The summed E-state index contributed by atoms with van der Waals surface area (Å²) in [4.78, 5) is 0. The summed E-state index contributed by atoms with van der Waals surface area (Å²) in [6.45, 7) is 0.632. The van der Waals surface area contributed by atoms with Crippen molar-refractivity contribution < 1.29 is 8.78 Å². The molecule has 136 valence electrons. The number of rotatable bonds is 3. The molecule has 5 heteroatoms. The minimum Gasteiger partial charge on any atom is -0.342 e. The quantitative estimate of drug-likeness (QED) is 0.417. The van der Waals surface area contributed by atoms with E-state index in [-0.39, 0.29) is 11.6 Å². The van der Waals surface area contributed by atoms with E-state index < -0.39 is 0 Å². The van der Waals surface area contributed by atoms with Crippen LogP contribution in [0.1, 0.15) is 5.56 Å². The molecule has 0 saturated heterocycles. The number of benzene rings is 3. The topological polar surface area (TPSA) is 30.7 Å². The van der Waals surface area contributed by atoms with Gasteiger partial charge in [0.05, 0.1) is 5.52 Å². The van der Waals surface area contributed by atoms with E-state index in [0.717, 1.165) is 22.2 Å². The van der Waals surface area contributed by atoms with Crippen LogP contribution in [0.4, 0.5) is 8.78 Å². The monoisotopic (exact) mass is 371 g/mol. The number of fused-ring (bicyclic) bond motifs is 3. The third-order valence-electron chi connectivity index (χ3n) is 4.88. The van der Waals surface area contributed by atoms with Gasteiger partial charge >= 0.3 is 0 Å². The largest absolute Gasteiger partial charge is 0.342 e. The van der Waals surface area contributed by atoms with Crippen LogP contribution in [-0.4, -0.2) is 14.8 Å². The summed E-state index contributed by atoms with van der Waals surface area (Å²) in [6.07, 6.45) is 1.99. The molecule has 3 aromatic carbocycles. The van der Waals surface area contributed by atoms with E-state index in [4.69, 9.17) is 0 Å². The summed E-state index contributed by atoms with van der Waals surface area (Å²) in [5.41, 5.74) is 4.88. The number of nitrogens with zero attached hydrogens (tertiary/aromatic N) is 3. The predicted molar refractivity (Wildman–Crippen MR) is 105 cm³/mol. The number of hydrogen-bond donors (Lipinski definition) is 0. The smallest absolute Gasteiger partial charge is 0.124 e. The number of halogens is 2. The molecule has 0 amide bonds. The van der Waals surface area contributed by atoms with Crippen molar-refractivity contribution in [2.24, 2.45) is 0 Å². The zero-order valence-corrected chi connectivity index (χ0v) is 14.8. The summed E-state index contributed by atoms with van der Waals surface area (Å²) < 4.78 is 29.4. The zero-order valence-electron chi connectivity index (χ0n) is 14.8. The van der Waals surface area contributed by atoms with Crippen LogP contribution in [0.15, 0.2) is 79.0 Å². The van der Waals surface area contributed by atoms with Gasteiger partial charge in [0.15, 0.2) is 0 Å². The lowest BCUT2D eigenvalue weighted by Gasteiger charge is -2.15. The Balaban J connectivity index is 1.75. The molecule has 0 radical (unpaired) electrons. The molecule has 2 heterocycles. The molecule has 0 atom stereocenters. The highest BCUT2D eigenvalue weighted by Crippen LogP contribution is 2.36. The first-order chi connectivity index (χ1) is 13.7. The second kappa shape index (κ2) is 6.53. The standard InChI is InChI=1S/C23H15F2N3/c24-17-8-6-16(7-9-17)22-20-14-28(13-15-4-2-1-3-5-15)21-11-10-18(25)12-19(21)23(20)27-26-22/h1-12,14H,13H2. The maximum absolute atomic E-state index is 14.0. The summed E-state index contributed by atoms with van der Waals surface area (Å²) >= 11 is 0. The molecule has 0 bridgehead atoms. The van der Waals surface area contributed by atoms with Gasteiger partial charge in [-0.2, -0.15) is 0 Å². The van der Waals surface area contributed by atoms with E-state index in [1.165, 1.54) is 24.3 Å². The van der Waals surface area contributed by atoms with Gasteiger partial charge < -0.3 is 4.57 Å². The zero-order chi connectivity index (χ0) is 19.1. The van der Waals surface area contributed by atoms with Crippen molar-refractivity contribution in [2.45, 2.75) is 6.54 Å². The third kappa shape index (κ3) is 2.81. The van der Waals surface area contributed by atoms with Gasteiger partial charge in [0.1, 0.15) is 23.0 Å². The van der Waals surface area contributed by atoms with E-state index in [1.54, 1.807) is 18.2 Å². The van der Waals surface area contributed by atoms with Gasteiger partial charge in [0.2, 0.25) is 0 Å². The highest BCUT2D eigenvalue weighted by Gasteiger charge is 2.20.